The van der Waals surface area contributed by atoms with Crippen molar-refractivity contribution in [2.45, 2.75) is 139 Å². The van der Waals surface area contributed by atoms with Crippen molar-refractivity contribution in [3.05, 3.63) is 179 Å². The molecule has 0 aromatic heterocycles. The van der Waals surface area contributed by atoms with Crippen LogP contribution >= 0.6 is 0 Å². The predicted octanol–water partition coefficient (Wildman–Crippen LogP) is 9.56. The van der Waals surface area contributed by atoms with Crippen LogP contribution in [0.2, 0.25) is 0 Å². The first-order valence-corrected chi connectivity index (χ1v) is 24.8. The van der Waals surface area contributed by atoms with Gasteiger partial charge in [0.05, 0.1) is 46.8 Å². The van der Waals surface area contributed by atoms with Gasteiger partial charge in [-0.25, -0.2) is 0 Å². The van der Waals surface area contributed by atoms with Gasteiger partial charge in [-0.15, -0.1) is 0 Å². The summed E-state index contributed by atoms with van der Waals surface area (Å²) in [6, 6.07) is 48.9. The minimum atomic E-state index is -1.42. The molecular formula is C57H69FO13. The van der Waals surface area contributed by atoms with Crippen LogP contribution in [0.15, 0.2) is 152 Å². The molecule has 2 fully saturated rings. The highest BCUT2D eigenvalue weighted by Gasteiger charge is 2.54. The number of benzene rings is 5. The molecule has 382 valence electrons. The molecule has 10 atom stereocenters. The topological polar surface area (TPSA) is 139 Å². The normalized spacial score (nSPS) is 24.4. The number of unbranched alkanes of at least 4 members (excludes halogenated alkanes) is 5. The lowest BCUT2D eigenvalue weighted by atomic mass is 9.96. The van der Waals surface area contributed by atoms with E-state index in [1.165, 1.54) is 7.11 Å². The molecule has 0 amide bonds. The van der Waals surface area contributed by atoms with Gasteiger partial charge in [-0.2, -0.15) is 4.94 Å². The average Bonchev–Trinajstić information content (AvgIpc) is 3.41. The SMILES string of the molecule is COC(=O)CCCCCCCCO[C@H]1O[C@H](COF)[C@@H](O)[C@H](OCc2ccccc2)[C@H]1O[C@H]1O[C@H](COCc2ccccc2)[C@@H](OCc2ccccc2)[C@H](OCc2ccccc2)[C@H]1OCc1ccccc1. The second-order valence-electron chi connectivity index (χ2n) is 17.8. The number of methoxy groups -OCH3 is 1. The Hall–Kier alpha value is -4.94. The van der Waals surface area contributed by atoms with Gasteiger partial charge in [0, 0.05) is 13.0 Å². The fraction of sp³-hybridized carbons (Fsp3) is 0.456. The number of halogens is 1. The first kappa shape index (κ1) is 53.8. The van der Waals surface area contributed by atoms with Gasteiger partial charge in [0.15, 0.2) is 12.6 Å². The van der Waals surface area contributed by atoms with Crippen LogP contribution in [0, 0.1) is 0 Å². The maximum atomic E-state index is 13.7. The molecule has 71 heavy (non-hydrogen) atoms. The number of carbonyl (C=O) groups is 1. The molecule has 1 N–H and O–H groups in total. The minimum absolute atomic E-state index is 0.0844. The molecular weight excluding hydrogens is 912 g/mol. The van der Waals surface area contributed by atoms with Crippen LogP contribution < -0.4 is 0 Å². The fourth-order valence-electron chi connectivity index (χ4n) is 8.72. The van der Waals surface area contributed by atoms with E-state index in [-0.39, 0.29) is 45.6 Å². The summed E-state index contributed by atoms with van der Waals surface area (Å²) < 4.78 is 79.3. The molecule has 0 aliphatic carbocycles. The number of carbonyl (C=O) groups excluding carboxylic acids is 1. The van der Waals surface area contributed by atoms with Gasteiger partial charge in [-0.1, -0.05) is 177 Å². The molecule has 2 aliphatic heterocycles. The molecule has 2 heterocycles. The molecule has 14 heteroatoms. The monoisotopic (exact) mass is 980 g/mol. The zero-order valence-electron chi connectivity index (χ0n) is 40.5. The van der Waals surface area contributed by atoms with Gasteiger partial charge >= 0.3 is 5.97 Å². The van der Waals surface area contributed by atoms with E-state index in [2.05, 4.69) is 4.94 Å². The average molecular weight is 981 g/mol. The van der Waals surface area contributed by atoms with Gasteiger partial charge in [0.2, 0.25) is 0 Å². The molecule has 13 nitrogen and oxygen atoms in total. The summed E-state index contributed by atoms with van der Waals surface area (Å²) in [6.45, 7) is 0.767. The zero-order chi connectivity index (χ0) is 49.3. The van der Waals surface area contributed by atoms with E-state index in [1.54, 1.807) is 0 Å². The van der Waals surface area contributed by atoms with Crippen molar-refractivity contribution in [1.82, 2.24) is 0 Å². The summed E-state index contributed by atoms with van der Waals surface area (Å²) in [5, 5.41) is 12.0. The van der Waals surface area contributed by atoms with Crippen LogP contribution in [0.5, 0.6) is 0 Å². The van der Waals surface area contributed by atoms with Gasteiger partial charge in [-0.05, 0) is 45.2 Å². The van der Waals surface area contributed by atoms with E-state index in [0.717, 1.165) is 59.9 Å². The largest absolute Gasteiger partial charge is 0.469 e. The van der Waals surface area contributed by atoms with Crippen LogP contribution in [0.1, 0.15) is 72.8 Å². The second kappa shape index (κ2) is 30.2. The Balaban J connectivity index is 1.21. The zero-order valence-corrected chi connectivity index (χ0v) is 40.5. The van der Waals surface area contributed by atoms with Crippen molar-refractivity contribution in [3.63, 3.8) is 0 Å². The van der Waals surface area contributed by atoms with Gasteiger partial charge in [-0.3, -0.25) is 4.79 Å². The highest BCUT2D eigenvalue weighted by Crippen LogP contribution is 2.36. The quantitative estimate of drug-likeness (QED) is 0.0346. The first-order chi connectivity index (χ1) is 35.0. The summed E-state index contributed by atoms with van der Waals surface area (Å²) in [5.41, 5.74) is 4.62. The van der Waals surface area contributed by atoms with E-state index < -0.39 is 68.0 Å². The molecule has 0 radical (unpaired) electrons. The molecule has 5 aromatic carbocycles. The van der Waals surface area contributed by atoms with Crippen LogP contribution in [-0.2, 0) is 90.1 Å². The predicted molar refractivity (Wildman–Crippen MR) is 262 cm³/mol. The lowest BCUT2D eigenvalue weighted by Crippen LogP contribution is -2.66. The van der Waals surface area contributed by atoms with E-state index in [9.17, 15) is 14.4 Å². The Morgan fingerprint density at radius 1 is 0.479 bits per heavy atom. The summed E-state index contributed by atoms with van der Waals surface area (Å²) in [4.78, 5) is 15.6. The Bertz CT molecular complexity index is 2180. The summed E-state index contributed by atoms with van der Waals surface area (Å²) >= 11 is 0. The van der Waals surface area contributed by atoms with Crippen molar-refractivity contribution in [3.8, 4) is 0 Å². The van der Waals surface area contributed by atoms with E-state index >= 15 is 0 Å². The number of aliphatic hydroxyl groups is 1. The standard InChI is InChI=1S/C57H69FO13/c1-61-49(59)33-21-4-2-3-5-22-34-63-56-55(52(50(60)47(69-56)41-68-58)65-37-44-27-15-8-16-28-44)71-57-54(67-39-46-31-19-10-20-32-46)53(66-38-45-29-17-9-18-30-45)51(64-36-43-25-13-7-14-26-43)48(70-57)40-62-35-42-23-11-6-12-24-42/h6-20,23-32,47-48,50-57,60H,2-5,21-22,33-41H2,1H3/t47-,48-,50-,51-,52+,53+,54-,55-,56+,57-/m1/s1. The number of rotatable bonds is 30. The maximum absolute atomic E-state index is 13.7. The smallest absolute Gasteiger partial charge is 0.305 e. The fourth-order valence-corrected chi connectivity index (χ4v) is 8.72. The first-order valence-electron chi connectivity index (χ1n) is 24.8. The Labute approximate surface area is 417 Å². The third-order valence-corrected chi connectivity index (χ3v) is 12.5. The molecule has 0 bridgehead atoms. The van der Waals surface area contributed by atoms with Crippen molar-refractivity contribution in [1.29, 1.82) is 0 Å². The Morgan fingerprint density at radius 3 is 1.42 bits per heavy atom. The van der Waals surface area contributed by atoms with Crippen LogP contribution in [0.3, 0.4) is 0 Å². The minimum Gasteiger partial charge on any atom is -0.469 e. The van der Waals surface area contributed by atoms with Gasteiger partial charge in [0.25, 0.3) is 0 Å². The highest BCUT2D eigenvalue weighted by atomic mass is 19.3. The molecule has 0 saturated carbocycles. The molecule has 0 spiro atoms. The van der Waals surface area contributed by atoms with Crippen molar-refractivity contribution in [2.75, 3.05) is 26.9 Å². The molecule has 5 aromatic rings. The molecule has 7 rings (SSSR count). The lowest BCUT2D eigenvalue weighted by molar-refractivity contribution is -0.383. The van der Waals surface area contributed by atoms with Crippen LogP contribution in [0.4, 0.5) is 4.53 Å². The van der Waals surface area contributed by atoms with Crippen molar-refractivity contribution < 1.29 is 66.7 Å². The van der Waals surface area contributed by atoms with E-state index in [4.69, 9.17) is 47.4 Å². The number of hydrogen-bond acceptors (Lipinski definition) is 13. The third-order valence-electron chi connectivity index (χ3n) is 12.5. The van der Waals surface area contributed by atoms with E-state index in [1.807, 2.05) is 152 Å². The lowest BCUT2D eigenvalue weighted by Gasteiger charge is -2.49. The second-order valence-corrected chi connectivity index (χ2v) is 17.8. The van der Waals surface area contributed by atoms with Gasteiger partial charge in [0.1, 0.15) is 55.4 Å². The number of hydrogen-bond donors (Lipinski definition) is 1. The van der Waals surface area contributed by atoms with Crippen molar-refractivity contribution in [2.24, 2.45) is 0 Å². The Morgan fingerprint density at radius 2 is 0.915 bits per heavy atom. The summed E-state index contributed by atoms with van der Waals surface area (Å²) in [7, 11) is 1.40. The summed E-state index contributed by atoms with van der Waals surface area (Å²) in [5.74, 6) is -0.207. The van der Waals surface area contributed by atoms with Crippen LogP contribution in [-0.4, -0.2) is 99.4 Å². The number of esters is 1. The van der Waals surface area contributed by atoms with Crippen molar-refractivity contribution >= 4 is 5.97 Å². The van der Waals surface area contributed by atoms with E-state index in [0.29, 0.717) is 19.4 Å². The highest BCUT2D eigenvalue weighted by molar-refractivity contribution is 5.68. The number of ether oxygens (including phenoxy) is 10. The molecule has 2 aliphatic rings. The van der Waals surface area contributed by atoms with Crippen LogP contribution in [0.25, 0.3) is 0 Å². The summed E-state index contributed by atoms with van der Waals surface area (Å²) in [6.07, 6.45) is -5.10. The third kappa shape index (κ3) is 17.4. The molecule has 0 unspecified atom stereocenters. The maximum Gasteiger partial charge on any atom is 0.305 e. The number of aliphatic hydroxyl groups excluding tert-OH is 1. The Kier molecular flexibility index (Phi) is 22.9. The molecule has 2 saturated heterocycles. The van der Waals surface area contributed by atoms with Gasteiger partial charge < -0.3 is 52.5 Å².